The lowest BCUT2D eigenvalue weighted by atomic mass is 9.75. The van der Waals surface area contributed by atoms with Crippen LogP contribution in [-0.2, 0) is 19.1 Å². The summed E-state index contributed by atoms with van der Waals surface area (Å²) in [5.41, 5.74) is 9.89. The number of carbonyl (C=O) groups is 2. The molecule has 0 radical (unpaired) electrons. The third-order valence-electron chi connectivity index (χ3n) is 5.83. The van der Waals surface area contributed by atoms with Crippen LogP contribution in [0.4, 0.5) is 0 Å². The van der Waals surface area contributed by atoms with E-state index in [0.717, 1.165) is 10.5 Å². The summed E-state index contributed by atoms with van der Waals surface area (Å²) in [4.78, 5) is 40.5. The smallest absolute Gasteiger partial charge is 0.310 e. The zero-order chi connectivity index (χ0) is 24.5. The van der Waals surface area contributed by atoms with Crippen LogP contribution in [0.15, 0.2) is 34.3 Å². The molecule has 1 aromatic carbocycles. The lowest BCUT2D eigenvalue weighted by Crippen LogP contribution is -2.57. The first-order valence-electron chi connectivity index (χ1n) is 11.0. The summed E-state index contributed by atoms with van der Waals surface area (Å²) in [7, 11) is 0. The minimum atomic E-state index is -1.44. The highest BCUT2D eigenvalue weighted by Crippen LogP contribution is 2.44. The quantitative estimate of drug-likeness (QED) is 0.118. The number of carbonyl (C=O) groups excluding carboxylic acids is 2. The second-order valence-corrected chi connectivity index (χ2v) is 9.19. The molecule has 1 aromatic rings. The molecule has 10 nitrogen and oxygen atoms in total. The first kappa shape index (κ1) is 26.6. The minimum absolute atomic E-state index is 0.125. The Bertz CT molecular complexity index is 885. The van der Waals surface area contributed by atoms with Crippen LogP contribution in [0.25, 0.3) is 10.4 Å². The van der Waals surface area contributed by atoms with Gasteiger partial charge in [-0.1, -0.05) is 31.5 Å². The number of nitro groups is 1. The largest absolute Gasteiger partial charge is 0.466 e. The maximum atomic E-state index is 12.9. The molecule has 0 saturated heterocycles. The van der Waals surface area contributed by atoms with E-state index in [1.807, 2.05) is 45.0 Å². The number of amides is 1. The molecule has 1 amide bonds. The molecule has 0 aliphatic heterocycles. The van der Waals surface area contributed by atoms with Gasteiger partial charge >= 0.3 is 5.97 Å². The van der Waals surface area contributed by atoms with Gasteiger partial charge in [-0.2, -0.15) is 0 Å². The normalized spacial score (nSPS) is 24.7. The lowest BCUT2D eigenvalue weighted by molar-refractivity contribution is -0.536. The molecule has 0 spiro atoms. The Hall–Kier alpha value is -2.62. The topological polar surface area (TPSA) is 144 Å². The molecule has 0 aromatic heterocycles. The molecule has 11 heteroatoms. The van der Waals surface area contributed by atoms with E-state index in [9.17, 15) is 19.7 Å². The summed E-state index contributed by atoms with van der Waals surface area (Å²) in [5, 5.41) is 14.5. The summed E-state index contributed by atoms with van der Waals surface area (Å²) in [5.74, 6) is -3.71. The van der Waals surface area contributed by atoms with Crippen molar-refractivity contribution < 1.29 is 24.0 Å². The third kappa shape index (κ3) is 6.69. The molecule has 1 saturated carbocycles. The van der Waals surface area contributed by atoms with Crippen molar-refractivity contribution in [2.75, 3.05) is 6.61 Å². The number of hydrogen-bond donors (Lipinski definition) is 0. The summed E-state index contributed by atoms with van der Waals surface area (Å²) >= 11 is 1.32. The van der Waals surface area contributed by atoms with Gasteiger partial charge in [0.2, 0.25) is 11.9 Å². The molecule has 0 N–H and O–H groups in total. The number of nitrogens with zero attached hydrogens (tertiary/aromatic N) is 4. The van der Waals surface area contributed by atoms with Gasteiger partial charge in [-0.05, 0) is 49.5 Å². The van der Waals surface area contributed by atoms with E-state index in [1.54, 1.807) is 6.92 Å². The highest BCUT2D eigenvalue weighted by molar-refractivity contribution is 8.00. The second-order valence-electron chi connectivity index (χ2n) is 7.94. The van der Waals surface area contributed by atoms with E-state index in [1.165, 1.54) is 11.8 Å². The molecular formula is C22H30N4O6S. The summed E-state index contributed by atoms with van der Waals surface area (Å²) in [6.07, 6.45) is -0.284. The van der Waals surface area contributed by atoms with Crippen LogP contribution < -0.4 is 0 Å². The molecule has 5 atom stereocenters. The number of azide groups is 1. The summed E-state index contributed by atoms with van der Waals surface area (Å²) in [6, 6.07) is 6.18. The van der Waals surface area contributed by atoms with E-state index in [2.05, 4.69) is 10.0 Å². The Morgan fingerprint density at radius 2 is 1.91 bits per heavy atom. The average Bonchev–Trinajstić information content (AvgIpc) is 2.79. The van der Waals surface area contributed by atoms with Crippen LogP contribution in [0.5, 0.6) is 0 Å². The van der Waals surface area contributed by atoms with E-state index in [0.29, 0.717) is 12.8 Å². The maximum absolute atomic E-state index is 12.9. The predicted octanol–water partition coefficient (Wildman–Crippen LogP) is 4.71. The molecular weight excluding hydrogens is 448 g/mol. The van der Waals surface area contributed by atoms with Gasteiger partial charge in [-0.3, -0.25) is 19.7 Å². The summed E-state index contributed by atoms with van der Waals surface area (Å²) < 4.78 is 11.5. The standard InChI is InChI=1S/C22H30N4O6S/c1-5-14(6-2)32-19-18(21(27)24-25-23)17(26(29)30)12-16(22(28)31-7-3)20(19)33-15-10-8-13(4)9-11-15/h8-11,14,16-20H,5-7,12H2,1-4H3/t16-,17+,18-,19?,20-/m1/s1. The number of aryl methyl sites for hydroxylation is 1. The van der Waals surface area contributed by atoms with Gasteiger partial charge in [0.05, 0.1) is 30.0 Å². The van der Waals surface area contributed by atoms with Crippen LogP contribution in [0.2, 0.25) is 0 Å². The van der Waals surface area contributed by atoms with E-state index in [4.69, 9.17) is 15.0 Å². The SMILES string of the molecule is CCOC(=O)[C@@H]1C[C@H]([N+](=O)[O-])[C@@H](C(=O)N=[N+]=[N-])C(OC(CC)CC)[C@@H]1Sc1ccc(C)cc1. The number of ether oxygens (including phenoxy) is 2. The number of hydrogen-bond acceptors (Lipinski definition) is 7. The van der Waals surface area contributed by atoms with Gasteiger partial charge in [0.15, 0.2) is 0 Å². The van der Waals surface area contributed by atoms with Crippen molar-refractivity contribution in [3.63, 3.8) is 0 Å². The fourth-order valence-corrected chi connectivity index (χ4v) is 5.46. The zero-order valence-corrected chi connectivity index (χ0v) is 20.1. The Morgan fingerprint density at radius 3 is 2.42 bits per heavy atom. The Kier molecular flexibility index (Phi) is 10.1. The van der Waals surface area contributed by atoms with Gasteiger partial charge < -0.3 is 9.47 Å². The number of benzene rings is 1. The van der Waals surface area contributed by atoms with E-state index < -0.39 is 46.0 Å². The highest BCUT2D eigenvalue weighted by Gasteiger charge is 2.56. The molecule has 180 valence electrons. The molecule has 1 aliphatic carbocycles. The molecule has 2 rings (SSSR count). The molecule has 1 fully saturated rings. The molecule has 0 bridgehead atoms. The Balaban J connectivity index is 2.62. The van der Waals surface area contributed by atoms with Crippen molar-refractivity contribution in [1.29, 1.82) is 0 Å². The van der Waals surface area contributed by atoms with Gasteiger partial charge in [-0.25, -0.2) is 0 Å². The second kappa shape index (κ2) is 12.6. The van der Waals surface area contributed by atoms with E-state index in [-0.39, 0.29) is 19.1 Å². The number of rotatable bonds is 10. The van der Waals surface area contributed by atoms with E-state index >= 15 is 0 Å². The lowest BCUT2D eigenvalue weighted by Gasteiger charge is -2.42. The highest BCUT2D eigenvalue weighted by atomic mass is 32.2. The minimum Gasteiger partial charge on any atom is -0.466 e. The molecule has 0 heterocycles. The van der Waals surface area contributed by atoms with Crippen LogP contribution in [-0.4, -0.2) is 46.9 Å². The van der Waals surface area contributed by atoms with Crippen LogP contribution in [0, 0.1) is 28.9 Å². The van der Waals surface area contributed by atoms with Crippen molar-refractivity contribution in [2.24, 2.45) is 17.0 Å². The summed E-state index contributed by atoms with van der Waals surface area (Å²) in [6.45, 7) is 7.57. The van der Waals surface area contributed by atoms with Gasteiger partial charge in [0.1, 0.15) is 5.92 Å². The van der Waals surface area contributed by atoms with Crippen molar-refractivity contribution in [2.45, 2.75) is 75.4 Å². The fourth-order valence-electron chi connectivity index (χ4n) is 4.09. The van der Waals surface area contributed by atoms with Crippen LogP contribution in [0.1, 0.15) is 45.6 Å². The van der Waals surface area contributed by atoms with Crippen molar-refractivity contribution in [3.05, 3.63) is 50.4 Å². The molecule has 33 heavy (non-hydrogen) atoms. The van der Waals surface area contributed by atoms with Crippen molar-refractivity contribution in [3.8, 4) is 0 Å². The van der Waals surface area contributed by atoms with Gasteiger partial charge in [0.25, 0.3) is 0 Å². The zero-order valence-electron chi connectivity index (χ0n) is 19.2. The first-order valence-corrected chi connectivity index (χ1v) is 11.9. The van der Waals surface area contributed by atoms with Gasteiger partial charge in [-0.15, -0.1) is 11.8 Å². The van der Waals surface area contributed by atoms with Crippen molar-refractivity contribution >= 4 is 23.6 Å². The maximum Gasteiger partial charge on any atom is 0.310 e. The molecule has 1 aliphatic rings. The monoisotopic (exact) mass is 478 g/mol. The molecule has 1 unspecified atom stereocenters. The van der Waals surface area contributed by atoms with Crippen molar-refractivity contribution in [1.82, 2.24) is 0 Å². The number of thioether (sulfide) groups is 1. The van der Waals surface area contributed by atoms with Gasteiger partial charge in [0, 0.05) is 21.2 Å². The van der Waals surface area contributed by atoms with Crippen LogP contribution in [0.3, 0.4) is 0 Å². The number of esters is 1. The Labute approximate surface area is 197 Å². The predicted molar refractivity (Wildman–Crippen MR) is 123 cm³/mol. The van der Waals surface area contributed by atoms with Crippen LogP contribution >= 0.6 is 11.8 Å². The first-order chi connectivity index (χ1) is 15.8. The Morgan fingerprint density at radius 1 is 1.27 bits per heavy atom. The average molecular weight is 479 g/mol. The fraction of sp³-hybridized carbons (Fsp3) is 0.636. The third-order valence-corrected chi connectivity index (χ3v) is 7.24.